The van der Waals surface area contributed by atoms with Crippen molar-refractivity contribution in [2.45, 2.75) is 0 Å². The van der Waals surface area contributed by atoms with Crippen molar-refractivity contribution in [3.63, 3.8) is 0 Å². The van der Waals surface area contributed by atoms with Gasteiger partial charge in [0.2, 0.25) is 5.96 Å². The Morgan fingerprint density at radius 2 is 2.00 bits per heavy atom. The van der Waals surface area contributed by atoms with Crippen molar-refractivity contribution in [1.29, 1.82) is 5.26 Å². The van der Waals surface area contributed by atoms with Crippen LogP contribution in [0.4, 0.5) is 5.69 Å². The molecule has 0 aliphatic heterocycles. The zero-order valence-electron chi connectivity index (χ0n) is 8.18. The van der Waals surface area contributed by atoms with Crippen LogP contribution in [0, 0.1) is 11.3 Å². The number of nitriles is 1. The van der Waals surface area contributed by atoms with Crippen molar-refractivity contribution in [2.24, 2.45) is 27.2 Å². The van der Waals surface area contributed by atoms with E-state index in [1.165, 1.54) is 6.07 Å². The Morgan fingerprint density at radius 1 is 1.31 bits per heavy atom. The molecule has 0 bridgehead atoms. The van der Waals surface area contributed by atoms with Crippen LogP contribution < -0.4 is 17.2 Å². The van der Waals surface area contributed by atoms with Crippen molar-refractivity contribution in [3.05, 3.63) is 28.8 Å². The zero-order valence-corrected chi connectivity index (χ0v) is 8.94. The van der Waals surface area contributed by atoms with Crippen molar-refractivity contribution in [1.82, 2.24) is 0 Å². The summed E-state index contributed by atoms with van der Waals surface area (Å²) in [4.78, 5) is 7.42. The molecule has 0 unspecified atom stereocenters. The van der Waals surface area contributed by atoms with Crippen LogP contribution in [-0.4, -0.2) is 11.9 Å². The lowest BCUT2D eigenvalue weighted by Crippen LogP contribution is -2.26. The summed E-state index contributed by atoms with van der Waals surface area (Å²) in [6.07, 6.45) is 0. The molecule has 0 saturated heterocycles. The van der Waals surface area contributed by atoms with E-state index in [0.29, 0.717) is 16.3 Å². The SMILES string of the molecule is N#Cc1cc(N=C(N)N=C(N)N)ccc1Cl. The summed E-state index contributed by atoms with van der Waals surface area (Å²) in [5.74, 6) is -0.276. The maximum atomic E-state index is 8.74. The average Bonchev–Trinajstić information content (AvgIpc) is 2.19. The molecule has 0 atom stereocenters. The van der Waals surface area contributed by atoms with Gasteiger partial charge in [-0.1, -0.05) is 11.6 Å². The minimum absolute atomic E-state index is 0.0915. The van der Waals surface area contributed by atoms with Crippen molar-refractivity contribution in [3.8, 4) is 6.07 Å². The van der Waals surface area contributed by atoms with E-state index in [2.05, 4.69) is 9.98 Å². The molecule has 0 aliphatic carbocycles. The van der Waals surface area contributed by atoms with Gasteiger partial charge in [0.15, 0.2) is 5.96 Å². The number of guanidine groups is 2. The lowest BCUT2D eigenvalue weighted by molar-refractivity contribution is 1.37. The van der Waals surface area contributed by atoms with E-state index in [1.54, 1.807) is 12.1 Å². The fraction of sp³-hybridized carbons (Fsp3) is 0. The summed E-state index contributed by atoms with van der Waals surface area (Å²) in [7, 11) is 0. The second kappa shape index (κ2) is 5.00. The van der Waals surface area contributed by atoms with E-state index in [9.17, 15) is 0 Å². The summed E-state index contributed by atoms with van der Waals surface area (Å²) in [6, 6.07) is 6.54. The van der Waals surface area contributed by atoms with Gasteiger partial charge in [0, 0.05) is 0 Å². The van der Waals surface area contributed by atoms with E-state index >= 15 is 0 Å². The van der Waals surface area contributed by atoms with Crippen LogP contribution in [0.5, 0.6) is 0 Å². The highest BCUT2D eigenvalue weighted by atomic mass is 35.5. The van der Waals surface area contributed by atoms with Crippen LogP contribution in [0.25, 0.3) is 0 Å². The molecule has 16 heavy (non-hydrogen) atoms. The van der Waals surface area contributed by atoms with Gasteiger partial charge in [-0.25, -0.2) is 4.99 Å². The number of hydrogen-bond acceptors (Lipinski definition) is 2. The highest BCUT2D eigenvalue weighted by Gasteiger charge is 2.00. The van der Waals surface area contributed by atoms with Gasteiger partial charge in [-0.3, -0.25) is 0 Å². The Kier molecular flexibility index (Phi) is 3.69. The molecule has 0 aliphatic rings. The Bertz CT molecular complexity index is 495. The lowest BCUT2D eigenvalue weighted by Gasteiger charge is -1.98. The maximum Gasteiger partial charge on any atom is 0.223 e. The summed E-state index contributed by atoms with van der Waals surface area (Å²) < 4.78 is 0. The first-order chi connectivity index (χ1) is 7.52. The fourth-order valence-corrected chi connectivity index (χ4v) is 1.12. The standard InChI is InChI=1S/C9H9ClN6/c10-7-2-1-6(3-5(7)4-11)15-9(14)16-8(12)13/h1-3H,(H6,12,13,14,15,16). The van der Waals surface area contributed by atoms with E-state index in [1.807, 2.05) is 6.07 Å². The van der Waals surface area contributed by atoms with E-state index in [-0.39, 0.29) is 11.9 Å². The Labute approximate surface area is 97.0 Å². The van der Waals surface area contributed by atoms with Gasteiger partial charge >= 0.3 is 0 Å². The number of benzene rings is 1. The van der Waals surface area contributed by atoms with Gasteiger partial charge in [-0.2, -0.15) is 10.3 Å². The topological polar surface area (TPSA) is 127 Å². The van der Waals surface area contributed by atoms with E-state index in [0.717, 1.165) is 0 Å². The highest BCUT2D eigenvalue weighted by molar-refractivity contribution is 6.31. The number of aliphatic imine (C=N–C) groups is 2. The molecule has 1 aromatic carbocycles. The summed E-state index contributed by atoms with van der Waals surface area (Å²) in [5, 5.41) is 9.09. The minimum Gasteiger partial charge on any atom is -0.370 e. The van der Waals surface area contributed by atoms with Gasteiger partial charge < -0.3 is 17.2 Å². The van der Waals surface area contributed by atoms with Crippen LogP contribution in [0.3, 0.4) is 0 Å². The first-order valence-corrected chi connectivity index (χ1v) is 4.54. The van der Waals surface area contributed by atoms with Crippen LogP contribution in [0.1, 0.15) is 5.56 Å². The molecule has 0 radical (unpaired) electrons. The molecule has 1 rings (SSSR count). The minimum atomic E-state index is -0.185. The molecule has 0 aromatic heterocycles. The third-order valence-corrected chi connectivity index (χ3v) is 1.89. The van der Waals surface area contributed by atoms with E-state index < -0.39 is 0 Å². The largest absolute Gasteiger partial charge is 0.370 e. The molecular formula is C9H9ClN6. The van der Waals surface area contributed by atoms with Gasteiger partial charge in [0.05, 0.1) is 16.3 Å². The predicted molar refractivity (Wildman–Crippen MR) is 63.3 cm³/mol. The third-order valence-electron chi connectivity index (χ3n) is 1.56. The summed E-state index contributed by atoms with van der Waals surface area (Å²) in [5.41, 5.74) is 16.4. The predicted octanol–water partition coefficient (Wildman–Crippen LogP) is 0.431. The lowest BCUT2D eigenvalue weighted by atomic mass is 10.2. The van der Waals surface area contributed by atoms with Crippen molar-refractivity contribution in [2.75, 3.05) is 0 Å². The van der Waals surface area contributed by atoms with Crippen LogP contribution in [-0.2, 0) is 0 Å². The molecule has 0 saturated carbocycles. The van der Waals surface area contributed by atoms with Gasteiger partial charge in [-0.15, -0.1) is 0 Å². The fourth-order valence-electron chi connectivity index (χ4n) is 0.958. The molecule has 6 nitrogen and oxygen atoms in total. The quantitative estimate of drug-likeness (QED) is 0.483. The second-order valence-corrected chi connectivity index (χ2v) is 3.19. The zero-order chi connectivity index (χ0) is 12.1. The number of halogens is 1. The molecule has 6 N–H and O–H groups in total. The summed E-state index contributed by atoms with van der Waals surface area (Å²) >= 11 is 5.75. The number of rotatable bonds is 1. The average molecular weight is 237 g/mol. The molecular weight excluding hydrogens is 228 g/mol. The Morgan fingerprint density at radius 3 is 2.56 bits per heavy atom. The highest BCUT2D eigenvalue weighted by Crippen LogP contribution is 2.21. The van der Waals surface area contributed by atoms with Gasteiger partial charge in [0.1, 0.15) is 6.07 Å². The van der Waals surface area contributed by atoms with Crippen LogP contribution in [0.15, 0.2) is 28.2 Å². The van der Waals surface area contributed by atoms with E-state index in [4.69, 9.17) is 34.1 Å². The van der Waals surface area contributed by atoms with Crippen LogP contribution in [0.2, 0.25) is 5.02 Å². The Balaban J connectivity index is 3.08. The van der Waals surface area contributed by atoms with Gasteiger partial charge in [-0.05, 0) is 18.2 Å². The number of nitrogens with zero attached hydrogens (tertiary/aromatic N) is 3. The Hall–Kier alpha value is -2.26. The molecule has 7 heteroatoms. The molecule has 0 spiro atoms. The first kappa shape index (κ1) is 11.8. The first-order valence-electron chi connectivity index (χ1n) is 4.16. The third kappa shape index (κ3) is 3.15. The van der Waals surface area contributed by atoms with Crippen LogP contribution >= 0.6 is 11.6 Å². The summed E-state index contributed by atoms with van der Waals surface area (Å²) in [6.45, 7) is 0. The van der Waals surface area contributed by atoms with Crippen molar-refractivity contribution < 1.29 is 0 Å². The molecule has 0 fully saturated rings. The number of nitrogens with two attached hydrogens (primary N) is 3. The van der Waals surface area contributed by atoms with Crippen molar-refractivity contribution >= 4 is 29.2 Å². The molecule has 0 amide bonds. The number of hydrogen-bond donors (Lipinski definition) is 3. The maximum absolute atomic E-state index is 8.74. The molecule has 1 aromatic rings. The smallest absolute Gasteiger partial charge is 0.223 e. The van der Waals surface area contributed by atoms with Gasteiger partial charge in [0.25, 0.3) is 0 Å². The molecule has 82 valence electrons. The normalized spacial score (nSPS) is 10.6. The molecule has 0 heterocycles. The monoisotopic (exact) mass is 236 g/mol. The second-order valence-electron chi connectivity index (χ2n) is 2.78.